The first-order valence-corrected chi connectivity index (χ1v) is 10.4. The highest BCUT2D eigenvalue weighted by Crippen LogP contribution is 2.41. The molecule has 0 amide bonds. The second kappa shape index (κ2) is 6.06. The Morgan fingerprint density at radius 2 is 2.09 bits per heavy atom. The molecule has 1 saturated heterocycles. The van der Waals surface area contributed by atoms with Gasteiger partial charge in [0.2, 0.25) is 0 Å². The van der Waals surface area contributed by atoms with Gasteiger partial charge in [-0.2, -0.15) is 0 Å². The smallest absolute Gasteiger partial charge is 0.0498 e. The number of fused-ring (bicyclic) bond motifs is 1. The number of hydrogen-bond acceptors (Lipinski definition) is 2. The van der Waals surface area contributed by atoms with Crippen LogP contribution < -0.4 is 0 Å². The van der Waals surface area contributed by atoms with Gasteiger partial charge in [-0.1, -0.05) is 6.42 Å². The number of rotatable bonds is 4. The van der Waals surface area contributed by atoms with Gasteiger partial charge in [-0.15, -0.1) is 0 Å². The standard InChI is InChI=1S/C19H26N2OS/c1-21-10-4-7-14(21)11-17-16-12-15(23(2)22)8-9-18(16)20-19(17)13-5-3-6-13/h8-9,12-14,20H,3-7,10-11H2,1-2H3/t14-,23?/m1/s1. The van der Waals surface area contributed by atoms with Crippen molar-refractivity contribution in [2.45, 2.75) is 55.4 Å². The summed E-state index contributed by atoms with van der Waals surface area (Å²) in [6.45, 7) is 1.22. The normalized spacial score (nSPS) is 24.2. The van der Waals surface area contributed by atoms with Gasteiger partial charge < -0.3 is 9.88 Å². The molecule has 1 aromatic carbocycles. The van der Waals surface area contributed by atoms with Crippen LogP contribution in [0.15, 0.2) is 23.1 Å². The molecule has 0 bridgehead atoms. The van der Waals surface area contributed by atoms with Crippen LogP contribution in [0.5, 0.6) is 0 Å². The van der Waals surface area contributed by atoms with Crippen molar-refractivity contribution in [2.75, 3.05) is 19.8 Å². The Morgan fingerprint density at radius 1 is 1.26 bits per heavy atom. The van der Waals surface area contributed by atoms with Crippen LogP contribution in [0.1, 0.15) is 49.3 Å². The van der Waals surface area contributed by atoms with Crippen molar-refractivity contribution in [3.63, 3.8) is 0 Å². The van der Waals surface area contributed by atoms with Crippen LogP contribution in [-0.4, -0.2) is 40.0 Å². The first-order chi connectivity index (χ1) is 11.1. The van der Waals surface area contributed by atoms with Crippen molar-refractivity contribution in [3.8, 4) is 0 Å². The van der Waals surface area contributed by atoms with Gasteiger partial charge in [-0.05, 0) is 75.4 Å². The zero-order valence-electron chi connectivity index (χ0n) is 14.1. The van der Waals surface area contributed by atoms with Gasteiger partial charge in [0.25, 0.3) is 0 Å². The molecule has 124 valence electrons. The van der Waals surface area contributed by atoms with E-state index < -0.39 is 10.8 Å². The molecule has 2 atom stereocenters. The van der Waals surface area contributed by atoms with E-state index in [4.69, 9.17) is 0 Å². The van der Waals surface area contributed by atoms with E-state index in [1.54, 1.807) is 6.26 Å². The fourth-order valence-electron chi connectivity index (χ4n) is 4.16. The SMILES string of the molecule is CN1CCC[C@@H]1Cc1c(C2CCC2)[nH]c2ccc(S(C)=O)cc12. The topological polar surface area (TPSA) is 36.1 Å². The molecule has 2 fully saturated rings. The average molecular weight is 330 g/mol. The van der Waals surface area contributed by atoms with Gasteiger partial charge in [0, 0.05) is 44.6 Å². The lowest BCUT2D eigenvalue weighted by molar-refractivity contribution is 0.308. The van der Waals surface area contributed by atoms with E-state index in [-0.39, 0.29) is 0 Å². The minimum atomic E-state index is -0.918. The zero-order valence-corrected chi connectivity index (χ0v) is 14.9. The predicted molar refractivity (Wildman–Crippen MR) is 96.6 cm³/mol. The van der Waals surface area contributed by atoms with Gasteiger partial charge in [0.1, 0.15) is 0 Å². The summed E-state index contributed by atoms with van der Waals surface area (Å²) in [5.41, 5.74) is 4.18. The Balaban J connectivity index is 1.79. The van der Waals surface area contributed by atoms with Crippen LogP contribution in [0.25, 0.3) is 10.9 Å². The fourth-order valence-corrected chi connectivity index (χ4v) is 4.71. The summed E-state index contributed by atoms with van der Waals surface area (Å²) in [5.74, 6) is 0.708. The summed E-state index contributed by atoms with van der Waals surface area (Å²) in [7, 11) is 1.33. The minimum Gasteiger partial charge on any atom is -0.358 e. The molecule has 1 aliphatic carbocycles. The zero-order chi connectivity index (χ0) is 16.0. The predicted octanol–water partition coefficient (Wildman–Crippen LogP) is 3.81. The summed E-state index contributed by atoms with van der Waals surface area (Å²) in [5, 5.41) is 1.31. The Labute approximate surface area is 140 Å². The highest BCUT2D eigenvalue weighted by molar-refractivity contribution is 7.84. The lowest BCUT2D eigenvalue weighted by Gasteiger charge is -2.27. The largest absolute Gasteiger partial charge is 0.358 e. The number of likely N-dealkylation sites (tertiary alicyclic amines) is 1. The Morgan fingerprint density at radius 3 is 2.70 bits per heavy atom. The van der Waals surface area contributed by atoms with Crippen molar-refractivity contribution in [1.82, 2.24) is 9.88 Å². The molecule has 2 heterocycles. The monoisotopic (exact) mass is 330 g/mol. The number of nitrogens with zero attached hydrogens (tertiary/aromatic N) is 1. The molecule has 1 aliphatic heterocycles. The van der Waals surface area contributed by atoms with E-state index in [2.05, 4.69) is 29.1 Å². The van der Waals surface area contributed by atoms with Crippen LogP contribution in [0.3, 0.4) is 0 Å². The van der Waals surface area contributed by atoms with Crippen molar-refractivity contribution in [3.05, 3.63) is 29.5 Å². The Kier molecular flexibility index (Phi) is 4.06. The highest BCUT2D eigenvalue weighted by atomic mass is 32.2. The maximum atomic E-state index is 11.9. The molecular formula is C19H26N2OS. The maximum Gasteiger partial charge on any atom is 0.0498 e. The summed E-state index contributed by atoms with van der Waals surface area (Å²) < 4.78 is 11.9. The third-order valence-electron chi connectivity index (χ3n) is 5.87. The van der Waals surface area contributed by atoms with E-state index in [0.29, 0.717) is 12.0 Å². The molecule has 23 heavy (non-hydrogen) atoms. The van der Waals surface area contributed by atoms with Gasteiger partial charge in [0.15, 0.2) is 0 Å². The Bertz CT molecular complexity index is 747. The third kappa shape index (κ3) is 2.76. The van der Waals surface area contributed by atoms with E-state index in [1.807, 2.05) is 6.07 Å². The number of likely N-dealkylation sites (N-methyl/N-ethyl adjacent to an activating group) is 1. The summed E-state index contributed by atoms with van der Waals surface area (Å²) >= 11 is 0. The summed E-state index contributed by atoms with van der Waals surface area (Å²) in [6.07, 6.45) is 9.49. The summed E-state index contributed by atoms with van der Waals surface area (Å²) in [6, 6.07) is 6.94. The number of benzene rings is 1. The molecule has 1 unspecified atom stereocenters. The van der Waals surface area contributed by atoms with Crippen LogP contribution in [0.2, 0.25) is 0 Å². The molecule has 1 aromatic heterocycles. The van der Waals surface area contributed by atoms with Gasteiger partial charge >= 0.3 is 0 Å². The van der Waals surface area contributed by atoms with Crippen LogP contribution >= 0.6 is 0 Å². The van der Waals surface area contributed by atoms with Crippen molar-refractivity contribution < 1.29 is 4.21 Å². The molecule has 1 saturated carbocycles. The molecule has 4 rings (SSSR count). The van der Waals surface area contributed by atoms with Crippen molar-refractivity contribution >= 4 is 21.7 Å². The molecule has 1 N–H and O–H groups in total. The van der Waals surface area contributed by atoms with Crippen molar-refractivity contribution in [2.24, 2.45) is 0 Å². The Hall–Kier alpha value is -1.13. The number of hydrogen-bond donors (Lipinski definition) is 1. The first kappa shape index (κ1) is 15.4. The first-order valence-electron chi connectivity index (χ1n) is 8.81. The molecule has 3 nitrogen and oxygen atoms in total. The van der Waals surface area contributed by atoms with E-state index in [0.717, 1.165) is 11.3 Å². The van der Waals surface area contributed by atoms with E-state index >= 15 is 0 Å². The highest BCUT2D eigenvalue weighted by Gasteiger charge is 2.29. The van der Waals surface area contributed by atoms with Gasteiger partial charge in [-0.25, -0.2) is 0 Å². The average Bonchev–Trinajstić information content (AvgIpc) is 3.02. The fraction of sp³-hybridized carbons (Fsp3) is 0.579. The molecule has 0 spiro atoms. The number of H-pyrrole nitrogens is 1. The molecule has 4 heteroatoms. The molecule has 2 aliphatic rings. The van der Waals surface area contributed by atoms with Gasteiger partial charge in [0.05, 0.1) is 0 Å². The second-order valence-electron chi connectivity index (χ2n) is 7.29. The molecule has 0 radical (unpaired) electrons. The number of nitrogens with one attached hydrogen (secondary N) is 1. The van der Waals surface area contributed by atoms with Crippen LogP contribution in [0.4, 0.5) is 0 Å². The maximum absolute atomic E-state index is 11.9. The number of aromatic amines is 1. The second-order valence-corrected chi connectivity index (χ2v) is 8.67. The van der Waals surface area contributed by atoms with Crippen molar-refractivity contribution in [1.29, 1.82) is 0 Å². The summed E-state index contributed by atoms with van der Waals surface area (Å²) in [4.78, 5) is 7.15. The van der Waals surface area contributed by atoms with E-state index in [9.17, 15) is 4.21 Å². The number of aromatic nitrogens is 1. The van der Waals surface area contributed by atoms with Crippen LogP contribution in [-0.2, 0) is 17.2 Å². The lowest BCUT2D eigenvalue weighted by atomic mass is 9.80. The van der Waals surface area contributed by atoms with Crippen LogP contribution in [0, 0.1) is 0 Å². The lowest BCUT2D eigenvalue weighted by Crippen LogP contribution is -2.27. The molecule has 2 aromatic rings. The quantitative estimate of drug-likeness (QED) is 0.925. The van der Waals surface area contributed by atoms with Gasteiger partial charge in [-0.3, -0.25) is 4.21 Å². The molecular weight excluding hydrogens is 304 g/mol. The minimum absolute atomic E-state index is 0.656. The third-order valence-corrected chi connectivity index (χ3v) is 6.79. The van der Waals surface area contributed by atoms with E-state index in [1.165, 1.54) is 60.8 Å².